The smallest absolute Gasteiger partial charge is 0.166 e. The van der Waals surface area contributed by atoms with Crippen LogP contribution in [0.2, 0.25) is 0 Å². The lowest BCUT2D eigenvalue weighted by Crippen LogP contribution is -2.01. The molecule has 0 aliphatic rings. The Kier molecular flexibility index (Phi) is 4.02. The van der Waals surface area contributed by atoms with Gasteiger partial charge in [0.2, 0.25) is 0 Å². The molecule has 0 bridgehead atoms. The summed E-state index contributed by atoms with van der Waals surface area (Å²) in [6.07, 6.45) is 4.70. The normalized spacial score (nSPS) is 10.1. The summed E-state index contributed by atoms with van der Waals surface area (Å²) in [4.78, 5) is 18.5. The van der Waals surface area contributed by atoms with Crippen LogP contribution in [-0.4, -0.2) is 16.3 Å². The summed E-state index contributed by atoms with van der Waals surface area (Å²) in [5, 5.41) is 0. The molecule has 0 atom stereocenters. The van der Waals surface area contributed by atoms with E-state index < -0.39 is 0 Å². The van der Waals surface area contributed by atoms with Gasteiger partial charge in [0.1, 0.15) is 12.4 Å². The summed E-state index contributed by atoms with van der Waals surface area (Å²) in [5.74, 6) is 1.34. The Bertz CT molecular complexity index is 506. The summed E-state index contributed by atoms with van der Waals surface area (Å²) < 4.78 is 5.55. The highest BCUT2D eigenvalue weighted by atomic mass is 16.5. The minimum Gasteiger partial charge on any atom is -0.486 e. The van der Waals surface area contributed by atoms with E-state index in [0.717, 1.165) is 12.2 Å². The first-order valence-corrected chi connectivity index (χ1v) is 5.79. The van der Waals surface area contributed by atoms with Crippen LogP contribution in [0, 0.1) is 0 Å². The average Bonchev–Trinajstić information content (AvgIpc) is 2.46. The molecule has 2 aromatic rings. The third kappa shape index (κ3) is 3.13. The molecule has 4 nitrogen and oxygen atoms in total. The first kappa shape index (κ1) is 12.2. The number of nitrogens with zero attached hydrogens (tertiary/aromatic N) is 2. The van der Waals surface area contributed by atoms with Crippen LogP contribution in [-0.2, 0) is 13.0 Å². The third-order valence-corrected chi connectivity index (χ3v) is 2.56. The van der Waals surface area contributed by atoms with Crippen LogP contribution in [0.1, 0.15) is 28.7 Å². The van der Waals surface area contributed by atoms with Gasteiger partial charge in [-0.1, -0.05) is 19.1 Å². The van der Waals surface area contributed by atoms with E-state index in [-0.39, 0.29) is 0 Å². The number of carbonyl (C=O) groups is 1. The standard InChI is InChI=1S/C14H14N2O2/c1-2-11-3-5-13(6-4-11)18-10-14-15-7-12(9-17)8-16-14/h3-9H,2,10H2,1H3. The zero-order chi connectivity index (χ0) is 12.8. The quantitative estimate of drug-likeness (QED) is 0.755. The lowest BCUT2D eigenvalue weighted by atomic mass is 10.2. The van der Waals surface area contributed by atoms with Gasteiger partial charge in [-0.15, -0.1) is 0 Å². The molecule has 0 aliphatic heterocycles. The van der Waals surface area contributed by atoms with E-state index >= 15 is 0 Å². The maximum absolute atomic E-state index is 10.4. The lowest BCUT2D eigenvalue weighted by molar-refractivity contribution is 0.112. The van der Waals surface area contributed by atoms with E-state index in [1.54, 1.807) is 0 Å². The Morgan fingerprint density at radius 2 is 1.83 bits per heavy atom. The van der Waals surface area contributed by atoms with Gasteiger partial charge in [-0.25, -0.2) is 9.97 Å². The van der Waals surface area contributed by atoms with E-state index in [1.165, 1.54) is 18.0 Å². The Hall–Kier alpha value is -2.23. The third-order valence-electron chi connectivity index (χ3n) is 2.56. The second-order valence-electron chi connectivity index (χ2n) is 3.84. The van der Waals surface area contributed by atoms with Crippen LogP contribution in [0.15, 0.2) is 36.7 Å². The molecule has 2 rings (SSSR count). The van der Waals surface area contributed by atoms with Crippen LogP contribution >= 0.6 is 0 Å². The molecule has 0 spiro atoms. The number of aryl methyl sites for hydroxylation is 1. The summed E-state index contributed by atoms with van der Waals surface area (Å²) in [6.45, 7) is 2.41. The van der Waals surface area contributed by atoms with Crippen molar-refractivity contribution in [3.05, 3.63) is 53.6 Å². The van der Waals surface area contributed by atoms with E-state index in [4.69, 9.17) is 4.74 Å². The number of carbonyl (C=O) groups excluding carboxylic acids is 1. The first-order chi connectivity index (χ1) is 8.81. The van der Waals surface area contributed by atoms with E-state index in [9.17, 15) is 4.79 Å². The van der Waals surface area contributed by atoms with Crippen LogP contribution in [0.4, 0.5) is 0 Å². The molecule has 92 valence electrons. The highest BCUT2D eigenvalue weighted by Crippen LogP contribution is 2.13. The maximum atomic E-state index is 10.4. The largest absolute Gasteiger partial charge is 0.486 e. The van der Waals surface area contributed by atoms with Crippen molar-refractivity contribution >= 4 is 6.29 Å². The van der Waals surface area contributed by atoms with Crippen molar-refractivity contribution < 1.29 is 9.53 Å². The van der Waals surface area contributed by atoms with Crippen molar-refractivity contribution in [3.63, 3.8) is 0 Å². The molecular weight excluding hydrogens is 228 g/mol. The van der Waals surface area contributed by atoms with Crippen LogP contribution in [0.25, 0.3) is 0 Å². The van der Waals surface area contributed by atoms with E-state index in [1.807, 2.05) is 24.3 Å². The first-order valence-electron chi connectivity index (χ1n) is 5.79. The number of hydrogen-bond acceptors (Lipinski definition) is 4. The van der Waals surface area contributed by atoms with Crippen molar-refractivity contribution in [1.82, 2.24) is 9.97 Å². The second kappa shape index (κ2) is 5.91. The molecule has 0 fully saturated rings. The number of hydrogen-bond donors (Lipinski definition) is 0. The fourth-order valence-corrected chi connectivity index (χ4v) is 1.47. The molecule has 1 aromatic heterocycles. The minimum absolute atomic E-state index is 0.296. The molecule has 0 amide bonds. The van der Waals surface area contributed by atoms with Gasteiger partial charge in [-0.05, 0) is 24.1 Å². The average molecular weight is 242 g/mol. The zero-order valence-electron chi connectivity index (χ0n) is 10.2. The van der Waals surface area contributed by atoms with E-state index in [2.05, 4.69) is 16.9 Å². The number of aromatic nitrogens is 2. The van der Waals surface area contributed by atoms with Crippen LogP contribution in [0.5, 0.6) is 5.75 Å². The van der Waals surface area contributed by atoms with Gasteiger partial charge in [0.15, 0.2) is 12.1 Å². The number of aldehydes is 1. The SMILES string of the molecule is CCc1ccc(OCc2ncc(C=O)cn2)cc1. The van der Waals surface area contributed by atoms with Crippen molar-refractivity contribution in [2.45, 2.75) is 20.0 Å². The molecule has 1 heterocycles. The molecule has 0 radical (unpaired) electrons. The number of rotatable bonds is 5. The van der Waals surface area contributed by atoms with Gasteiger partial charge >= 0.3 is 0 Å². The van der Waals surface area contributed by atoms with Crippen molar-refractivity contribution in [1.29, 1.82) is 0 Å². The Morgan fingerprint density at radius 3 is 2.39 bits per heavy atom. The Morgan fingerprint density at radius 1 is 1.17 bits per heavy atom. The molecule has 0 aliphatic carbocycles. The summed E-state index contributed by atoms with van der Waals surface area (Å²) in [5.41, 5.74) is 1.74. The molecule has 18 heavy (non-hydrogen) atoms. The molecular formula is C14H14N2O2. The van der Waals surface area contributed by atoms with Gasteiger partial charge in [0.05, 0.1) is 5.56 Å². The molecule has 0 saturated heterocycles. The number of benzene rings is 1. The zero-order valence-corrected chi connectivity index (χ0v) is 10.2. The fourth-order valence-electron chi connectivity index (χ4n) is 1.47. The monoisotopic (exact) mass is 242 g/mol. The maximum Gasteiger partial charge on any atom is 0.166 e. The van der Waals surface area contributed by atoms with Gasteiger partial charge in [-0.2, -0.15) is 0 Å². The van der Waals surface area contributed by atoms with E-state index in [0.29, 0.717) is 24.3 Å². The summed E-state index contributed by atoms with van der Waals surface area (Å²) in [6, 6.07) is 7.93. The fraction of sp³-hybridized carbons (Fsp3) is 0.214. The lowest BCUT2D eigenvalue weighted by Gasteiger charge is -2.05. The highest BCUT2D eigenvalue weighted by Gasteiger charge is 1.99. The number of ether oxygens (including phenoxy) is 1. The molecule has 0 N–H and O–H groups in total. The van der Waals surface area contributed by atoms with Crippen molar-refractivity contribution in [3.8, 4) is 5.75 Å². The summed E-state index contributed by atoms with van der Waals surface area (Å²) >= 11 is 0. The molecule has 0 saturated carbocycles. The van der Waals surface area contributed by atoms with Gasteiger partial charge in [-0.3, -0.25) is 4.79 Å². The van der Waals surface area contributed by atoms with Crippen LogP contribution in [0.3, 0.4) is 0 Å². The van der Waals surface area contributed by atoms with Crippen molar-refractivity contribution in [2.24, 2.45) is 0 Å². The topological polar surface area (TPSA) is 52.1 Å². The summed E-state index contributed by atoms with van der Waals surface area (Å²) in [7, 11) is 0. The molecule has 4 heteroatoms. The van der Waals surface area contributed by atoms with Crippen molar-refractivity contribution in [2.75, 3.05) is 0 Å². The predicted octanol–water partition coefficient (Wildman–Crippen LogP) is 2.43. The molecule has 1 aromatic carbocycles. The van der Waals surface area contributed by atoms with Gasteiger partial charge < -0.3 is 4.74 Å². The predicted molar refractivity (Wildman–Crippen MR) is 67.6 cm³/mol. The highest BCUT2D eigenvalue weighted by molar-refractivity contribution is 5.73. The van der Waals surface area contributed by atoms with Gasteiger partial charge in [0, 0.05) is 12.4 Å². The second-order valence-corrected chi connectivity index (χ2v) is 3.84. The Balaban J connectivity index is 1.95. The Labute approximate surface area is 106 Å². The van der Waals surface area contributed by atoms with Gasteiger partial charge in [0.25, 0.3) is 0 Å². The molecule has 0 unspecified atom stereocenters. The van der Waals surface area contributed by atoms with Crippen LogP contribution < -0.4 is 4.74 Å². The minimum atomic E-state index is 0.296.